The number of ketones is 1. The molecule has 1 amide bonds. The molecular formula is C17H17ClN2O2S. The number of Topliss-reactive ketones (excluding diaryl/α,β-unsaturated/α-hetero) is 1. The number of amides is 1. The number of hydrogen-bond acceptors (Lipinski definition) is 4. The van der Waals surface area contributed by atoms with Crippen LogP contribution in [0, 0.1) is 5.41 Å². The highest BCUT2D eigenvalue weighted by Crippen LogP contribution is 2.35. The summed E-state index contributed by atoms with van der Waals surface area (Å²) < 4.78 is 0.962. The molecule has 0 aliphatic heterocycles. The Morgan fingerprint density at radius 3 is 2.74 bits per heavy atom. The normalized spacial score (nSPS) is 19.3. The first-order valence-corrected chi connectivity index (χ1v) is 8.60. The second-order valence-corrected chi connectivity index (χ2v) is 8.02. The first-order chi connectivity index (χ1) is 10.9. The second-order valence-electron chi connectivity index (χ2n) is 6.59. The average molecular weight is 349 g/mol. The Bertz CT molecular complexity index is 823. The number of carbonyl (C=O) groups excluding carboxylic acids is 2. The first-order valence-electron chi connectivity index (χ1n) is 7.40. The predicted octanol–water partition coefficient (Wildman–Crippen LogP) is 4.42. The van der Waals surface area contributed by atoms with Gasteiger partial charge in [-0.2, -0.15) is 5.10 Å². The fourth-order valence-electron chi connectivity index (χ4n) is 2.92. The third-order valence-electron chi connectivity index (χ3n) is 3.82. The van der Waals surface area contributed by atoms with Crippen LogP contribution in [0.15, 0.2) is 29.4 Å². The molecule has 1 aliphatic rings. The maximum atomic E-state index is 12.3. The lowest BCUT2D eigenvalue weighted by Gasteiger charge is -2.28. The molecule has 1 heterocycles. The second kappa shape index (κ2) is 6.06. The molecule has 1 aromatic carbocycles. The van der Waals surface area contributed by atoms with Crippen molar-refractivity contribution in [2.24, 2.45) is 10.5 Å². The summed E-state index contributed by atoms with van der Waals surface area (Å²) in [5, 5.41) is 5.48. The summed E-state index contributed by atoms with van der Waals surface area (Å²) in [5.74, 6) is -0.173. The van der Waals surface area contributed by atoms with Crippen LogP contribution in [0.2, 0.25) is 5.02 Å². The largest absolute Gasteiger partial charge is 0.299 e. The summed E-state index contributed by atoms with van der Waals surface area (Å²) >= 11 is 7.63. The predicted molar refractivity (Wildman–Crippen MR) is 94.4 cm³/mol. The zero-order valence-electron chi connectivity index (χ0n) is 13.0. The van der Waals surface area contributed by atoms with Crippen LogP contribution in [-0.2, 0) is 4.79 Å². The van der Waals surface area contributed by atoms with Crippen molar-refractivity contribution < 1.29 is 9.59 Å². The molecular weight excluding hydrogens is 332 g/mol. The van der Waals surface area contributed by atoms with Crippen LogP contribution in [0.5, 0.6) is 0 Å². The number of nitrogens with zero attached hydrogens (tertiary/aromatic N) is 1. The van der Waals surface area contributed by atoms with Gasteiger partial charge in [-0.3, -0.25) is 9.59 Å². The van der Waals surface area contributed by atoms with Gasteiger partial charge in [0.05, 0.1) is 5.02 Å². The third-order valence-corrected chi connectivity index (χ3v) is 5.49. The van der Waals surface area contributed by atoms with Crippen molar-refractivity contribution in [1.82, 2.24) is 5.43 Å². The van der Waals surface area contributed by atoms with E-state index in [1.807, 2.05) is 38.1 Å². The number of nitrogens with one attached hydrogen (secondary N) is 1. The number of thiophene rings is 1. The van der Waals surface area contributed by atoms with Gasteiger partial charge in [-0.1, -0.05) is 43.6 Å². The molecule has 120 valence electrons. The van der Waals surface area contributed by atoms with Gasteiger partial charge in [-0.05, 0) is 17.9 Å². The number of fused-ring (bicyclic) bond motifs is 1. The molecule has 0 atom stereocenters. The molecule has 3 rings (SSSR count). The van der Waals surface area contributed by atoms with E-state index in [9.17, 15) is 9.59 Å². The van der Waals surface area contributed by atoms with E-state index in [2.05, 4.69) is 10.5 Å². The Hall–Kier alpha value is -1.72. The van der Waals surface area contributed by atoms with E-state index in [1.165, 1.54) is 11.3 Å². The first kappa shape index (κ1) is 16.1. The van der Waals surface area contributed by atoms with E-state index in [0.717, 1.165) is 15.8 Å². The van der Waals surface area contributed by atoms with Gasteiger partial charge in [0.1, 0.15) is 10.7 Å². The lowest BCUT2D eigenvalue weighted by atomic mass is 9.76. The molecule has 1 fully saturated rings. The summed E-state index contributed by atoms with van der Waals surface area (Å²) in [7, 11) is 0. The van der Waals surface area contributed by atoms with Crippen molar-refractivity contribution in [2.75, 3.05) is 0 Å². The molecule has 0 spiro atoms. The van der Waals surface area contributed by atoms with E-state index in [4.69, 9.17) is 11.6 Å². The SMILES string of the molecule is CC1(C)CC(=O)CC(=NNC(=O)c2sc3ccccc3c2Cl)C1. The highest BCUT2D eigenvalue weighted by molar-refractivity contribution is 7.21. The topological polar surface area (TPSA) is 58.5 Å². The highest BCUT2D eigenvalue weighted by Gasteiger charge is 2.30. The van der Waals surface area contributed by atoms with E-state index < -0.39 is 0 Å². The summed E-state index contributed by atoms with van der Waals surface area (Å²) in [6.07, 6.45) is 1.57. The lowest BCUT2D eigenvalue weighted by molar-refractivity contribution is -0.120. The van der Waals surface area contributed by atoms with E-state index >= 15 is 0 Å². The van der Waals surface area contributed by atoms with E-state index in [1.54, 1.807) is 0 Å². The van der Waals surface area contributed by atoms with Crippen LogP contribution < -0.4 is 5.43 Å². The number of halogens is 1. The molecule has 0 saturated heterocycles. The summed E-state index contributed by atoms with van der Waals surface area (Å²) in [4.78, 5) is 24.5. The smallest absolute Gasteiger partial charge is 0.283 e. The zero-order chi connectivity index (χ0) is 16.6. The fourth-order valence-corrected chi connectivity index (χ4v) is 4.33. The number of hydrogen-bond donors (Lipinski definition) is 1. The molecule has 1 aliphatic carbocycles. The van der Waals surface area contributed by atoms with Crippen molar-refractivity contribution in [1.29, 1.82) is 0 Å². The molecule has 0 radical (unpaired) electrons. The van der Waals surface area contributed by atoms with Gasteiger partial charge in [-0.15, -0.1) is 11.3 Å². The number of hydrazone groups is 1. The van der Waals surface area contributed by atoms with E-state index in [-0.39, 0.29) is 17.1 Å². The maximum absolute atomic E-state index is 12.3. The number of rotatable bonds is 2. The lowest BCUT2D eigenvalue weighted by Crippen LogP contribution is -2.31. The van der Waals surface area contributed by atoms with Gasteiger partial charge in [0.25, 0.3) is 5.91 Å². The van der Waals surface area contributed by atoms with Crippen molar-refractivity contribution in [2.45, 2.75) is 33.1 Å². The van der Waals surface area contributed by atoms with Gasteiger partial charge >= 0.3 is 0 Å². The van der Waals surface area contributed by atoms with Crippen LogP contribution in [0.1, 0.15) is 42.8 Å². The number of benzene rings is 1. The third kappa shape index (κ3) is 3.46. The maximum Gasteiger partial charge on any atom is 0.283 e. The fraction of sp³-hybridized carbons (Fsp3) is 0.353. The molecule has 6 heteroatoms. The molecule has 2 aromatic rings. The van der Waals surface area contributed by atoms with Crippen molar-refractivity contribution in [3.63, 3.8) is 0 Å². The van der Waals surface area contributed by atoms with Crippen LogP contribution in [0.4, 0.5) is 0 Å². The van der Waals surface area contributed by atoms with Gasteiger partial charge in [0.2, 0.25) is 0 Å². The number of carbonyl (C=O) groups is 2. The van der Waals surface area contributed by atoms with Crippen LogP contribution in [0.25, 0.3) is 10.1 Å². The van der Waals surface area contributed by atoms with Crippen molar-refractivity contribution in [3.8, 4) is 0 Å². The van der Waals surface area contributed by atoms with Gasteiger partial charge in [-0.25, -0.2) is 5.43 Å². The van der Waals surface area contributed by atoms with E-state index in [0.29, 0.717) is 29.2 Å². The molecule has 1 saturated carbocycles. The quantitative estimate of drug-likeness (QED) is 0.817. The minimum Gasteiger partial charge on any atom is -0.299 e. The Morgan fingerprint density at radius 1 is 1.30 bits per heavy atom. The molecule has 0 bridgehead atoms. The van der Waals surface area contributed by atoms with Gasteiger partial charge in [0, 0.05) is 28.6 Å². The van der Waals surface area contributed by atoms with Crippen LogP contribution in [0.3, 0.4) is 0 Å². The van der Waals surface area contributed by atoms with Crippen LogP contribution >= 0.6 is 22.9 Å². The Kier molecular flexibility index (Phi) is 4.25. The zero-order valence-corrected chi connectivity index (χ0v) is 14.6. The van der Waals surface area contributed by atoms with Crippen molar-refractivity contribution in [3.05, 3.63) is 34.2 Å². The minimum absolute atomic E-state index is 0.103. The molecule has 1 aromatic heterocycles. The molecule has 1 N–H and O–H groups in total. The average Bonchev–Trinajstić information content (AvgIpc) is 2.80. The minimum atomic E-state index is -0.334. The Morgan fingerprint density at radius 2 is 2.04 bits per heavy atom. The highest BCUT2D eigenvalue weighted by atomic mass is 35.5. The van der Waals surface area contributed by atoms with Crippen LogP contribution in [-0.4, -0.2) is 17.4 Å². The van der Waals surface area contributed by atoms with Gasteiger partial charge in [0.15, 0.2) is 0 Å². The monoisotopic (exact) mass is 348 g/mol. The Balaban J connectivity index is 1.80. The van der Waals surface area contributed by atoms with Gasteiger partial charge < -0.3 is 0 Å². The summed E-state index contributed by atoms with van der Waals surface area (Å²) in [6, 6.07) is 7.61. The molecule has 0 unspecified atom stereocenters. The molecule has 4 nitrogen and oxygen atoms in total. The Labute approximate surface area is 143 Å². The molecule has 23 heavy (non-hydrogen) atoms. The van der Waals surface area contributed by atoms with Crippen molar-refractivity contribution >= 4 is 50.4 Å². The standard InChI is InChI=1S/C17H17ClN2O2S/c1-17(2)8-10(7-11(21)9-17)19-20-16(22)15-14(18)12-5-3-4-6-13(12)23-15/h3-6H,7-9H2,1-2H3,(H,20,22). The summed E-state index contributed by atoms with van der Waals surface area (Å²) in [6.45, 7) is 4.06. The summed E-state index contributed by atoms with van der Waals surface area (Å²) in [5.41, 5.74) is 3.17.